The minimum atomic E-state index is -0.225. The first-order valence-electron chi connectivity index (χ1n) is 5.49. The standard InChI is InChI=1S/C11H19NO2/c1-11-7-6-10(14)12(2)8(11)4-3-5-9(11)13/h8-9,13H,3-7H2,1-2H3/t8-,9?,11+/m1/s1. The van der Waals surface area contributed by atoms with Gasteiger partial charge < -0.3 is 10.0 Å². The molecule has 0 aromatic heterocycles. The van der Waals surface area contributed by atoms with E-state index in [-0.39, 0.29) is 23.5 Å². The summed E-state index contributed by atoms with van der Waals surface area (Å²) in [4.78, 5) is 13.4. The summed E-state index contributed by atoms with van der Waals surface area (Å²) in [6.45, 7) is 2.13. The maximum Gasteiger partial charge on any atom is 0.222 e. The number of rotatable bonds is 0. The molecule has 1 unspecified atom stereocenters. The van der Waals surface area contributed by atoms with Crippen LogP contribution in [0.4, 0.5) is 0 Å². The lowest BCUT2D eigenvalue weighted by Gasteiger charge is -2.52. The Bertz CT molecular complexity index is 254. The predicted octanol–water partition coefficient (Wildman–Crippen LogP) is 1.16. The number of fused-ring (bicyclic) bond motifs is 1. The van der Waals surface area contributed by atoms with E-state index in [9.17, 15) is 9.90 Å². The van der Waals surface area contributed by atoms with Gasteiger partial charge in [-0.05, 0) is 25.7 Å². The molecule has 0 spiro atoms. The molecule has 1 saturated heterocycles. The first kappa shape index (κ1) is 9.97. The Balaban J connectivity index is 2.25. The van der Waals surface area contributed by atoms with Crippen LogP contribution in [-0.2, 0) is 4.79 Å². The van der Waals surface area contributed by atoms with Crippen molar-refractivity contribution in [3.8, 4) is 0 Å². The van der Waals surface area contributed by atoms with Crippen LogP contribution < -0.4 is 0 Å². The highest BCUT2D eigenvalue weighted by Crippen LogP contribution is 2.45. The molecule has 0 aromatic carbocycles. The van der Waals surface area contributed by atoms with Gasteiger partial charge in [-0.3, -0.25) is 4.79 Å². The third kappa shape index (κ3) is 1.26. The normalized spacial score (nSPS) is 43.6. The van der Waals surface area contributed by atoms with Crippen LogP contribution in [0.2, 0.25) is 0 Å². The van der Waals surface area contributed by atoms with E-state index in [1.165, 1.54) is 0 Å². The fraction of sp³-hybridized carbons (Fsp3) is 0.909. The largest absolute Gasteiger partial charge is 0.392 e. The van der Waals surface area contributed by atoms with Gasteiger partial charge in [-0.15, -0.1) is 0 Å². The summed E-state index contributed by atoms with van der Waals surface area (Å²) in [6, 6.07) is 0.257. The van der Waals surface area contributed by atoms with Crippen molar-refractivity contribution in [2.45, 2.75) is 51.2 Å². The Morgan fingerprint density at radius 2 is 2.21 bits per heavy atom. The minimum Gasteiger partial charge on any atom is -0.392 e. The van der Waals surface area contributed by atoms with Crippen LogP contribution in [0.25, 0.3) is 0 Å². The van der Waals surface area contributed by atoms with Gasteiger partial charge in [-0.2, -0.15) is 0 Å². The molecule has 3 heteroatoms. The zero-order chi connectivity index (χ0) is 10.3. The lowest BCUT2D eigenvalue weighted by Crippen LogP contribution is -2.58. The monoisotopic (exact) mass is 197 g/mol. The predicted molar refractivity (Wildman–Crippen MR) is 53.8 cm³/mol. The van der Waals surface area contributed by atoms with Crippen LogP contribution in [0.1, 0.15) is 39.0 Å². The van der Waals surface area contributed by atoms with Gasteiger partial charge in [0.05, 0.1) is 6.10 Å². The summed E-state index contributed by atoms with van der Waals surface area (Å²) in [6.07, 6.45) is 4.21. The van der Waals surface area contributed by atoms with Crippen molar-refractivity contribution in [3.63, 3.8) is 0 Å². The van der Waals surface area contributed by atoms with E-state index in [1.807, 2.05) is 11.9 Å². The molecule has 2 aliphatic rings. The van der Waals surface area contributed by atoms with Gasteiger partial charge >= 0.3 is 0 Å². The number of amides is 1. The Morgan fingerprint density at radius 3 is 2.93 bits per heavy atom. The average molecular weight is 197 g/mol. The molecule has 3 atom stereocenters. The van der Waals surface area contributed by atoms with Crippen LogP contribution in [0.15, 0.2) is 0 Å². The summed E-state index contributed by atoms with van der Waals surface area (Å²) in [5, 5.41) is 10.0. The molecular weight excluding hydrogens is 178 g/mol. The number of nitrogens with zero attached hydrogens (tertiary/aromatic N) is 1. The molecular formula is C11H19NO2. The second-order valence-electron chi connectivity index (χ2n) is 4.97. The molecule has 1 aliphatic heterocycles. The molecule has 0 bridgehead atoms. The van der Waals surface area contributed by atoms with E-state index in [1.54, 1.807) is 0 Å². The van der Waals surface area contributed by atoms with E-state index in [0.717, 1.165) is 25.7 Å². The van der Waals surface area contributed by atoms with E-state index in [2.05, 4.69) is 6.92 Å². The second kappa shape index (κ2) is 3.23. The zero-order valence-electron chi connectivity index (χ0n) is 8.99. The smallest absolute Gasteiger partial charge is 0.222 e. The summed E-state index contributed by atoms with van der Waals surface area (Å²) >= 11 is 0. The third-order valence-electron chi connectivity index (χ3n) is 4.22. The van der Waals surface area contributed by atoms with Gasteiger partial charge in [0.15, 0.2) is 0 Å². The van der Waals surface area contributed by atoms with Crippen molar-refractivity contribution in [3.05, 3.63) is 0 Å². The van der Waals surface area contributed by atoms with Crippen LogP contribution in [-0.4, -0.2) is 35.1 Å². The topological polar surface area (TPSA) is 40.5 Å². The van der Waals surface area contributed by atoms with Crippen molar-refractivity contribution in [2.75, 3.05) is 7.05 Å². The highest BCUT2D eigenvalue weighted by atomic mass is 16.3. The fourth-order valence-electron chi connectivity index (χ4n) is 3.08. The molecule has 2 rings (SSSR count). The number of carbonyl (C=O) groups is 1. The quantitative estimate of drug-likeness (QED) is 0.633. The van der Waals surface area contributed by atoms with E-state index in [0.29, 0.717) is 6.42 Å². The number of hydrogen-bond acceptors (Lipinski definition) is 2. The molecule has 3 nitrogen and oxygen atoms in total. The van der Waals surface area contributed by atoms with Crippen molar-refractivity contribution in [1.82, 2.24) is 4.90 Å². The molecule has 0 aromatic rings. The first-order valence-corrected chi connectivity index (χ1v) is 5.49. The Kier molecular flexibility index (Phi) is 2.30. The number of hydrogen-bond donors (Lipinski definition) is 1. The molecule has 1 heterocycles. The first-order chi connectivity index (χ1) is 6.55. The third-order valence-corrected chi connectivity index (χ3v) is 4.22. The molecule has 1 aliphatic carbocycles. The Labute approximate surface area is 85.1 Å². The maximum absolute atomic E-state index is 11.5. The number of carbonyl (C=O) groups excluding carboxylic acids is 1. The van der Waals surface area contributed by atoms with Gasteiger partial charge in [-0.25, -0.2) is 0 Å². The molecule has 2 fully saturated rings. The minimum absolute atomic E-state index is 0.0547. The van der Waals surface area contributed by atoms with Crippen molar-refractivity contribution in [2.24, 2.45) is 5.41 Å². The SMILES string of the molecule is CN1C(=O)CC[C@]2(C)C(O)CCC[C@@H]12. The van der Waals surface area contributed by atoms with Crippen LogP contribution >= 0.6 is 0 Å². The second-order valence-corrected chi connectivity index (χ2v) is 4.97. The molecule has 14 heavy (non-hydrogen) atoms. The summed E-state index contributed by atoms with van der Waals surface area (Å²) in [5.41, 5.74) is -0.0547. The van der Waals surface area contributed by atoms with Crippen molar-refractivity contribution in [1.29, 1.82) is 0 Å². The summed E-state index contributed by atoms with van der Waals surface area (Å²) in [7, 11) is 1.88. The maximum atomic E-state index is 11.5. The van der Waals surface area contributed by atoms with Crippen LogP contribution in [0.5, 0.6) is 0 Å². The fourth-order valence-corrected chi connectivity index (χ4v) is 3.08. The van der Waals surface area contributed by atoms with E-state index < -0.39 is 0 Å². The summed E-state index contributed by atoms with van der Waals surface area (Å²) in [5.74, 6) is 0.238. The average Bonchev–Trinajstić information content (AvgIpc) is 2.16. The van der Waals surface area contributed by atoms with Gasteiger partial charge in [0.25, 0.3) is 0 Å². The van der Waals surface area contributed by atoms with Gasteiger partial charge in [0.1, 0.15) is 0 Å². The van der Waals surface area contributed by atoms with Crippen molar-refractivity contribution >= 4 is 5.91 Å². The summed E-state index contributed by atoms with van der Waals surface area (Å²) < 4.78 is 0. The molecule has 80 valence electrons. The van der Waals surface area contributed by atoms with E-state index in [4.69, 9.17) is 0 Å². The van der Waals surface area contributed by atoms with Crippen LogP contribution in [0.3, 0.4) is 0 Å². The molecule has 1 amide bonds. The lowest BCUT2D eigenvalue weighted by molar-refractivity contribution is -0.150. The molecule has 1 saturated carbocycles. The number of aliphatic hydroxyl groups is 1. The highest BCUT2D eigenvalue weighted by Gasteiger charge is 2.48. The van der Waals surface area contributed by atoms with Gasteiger partial charge in [0.2, 0.25) is 5.91 Å². The van der Waals surface area contributed by atoms with Crippen molar-refractivity contribution < 1.29 is 9.90 Å². The van der Waals surface area contributed by atoms with Gasteiger partial charge in [0, 0.05) is 24.9 Å². The lowest BCUT2D eigenvalue weighted by atomic mass is 9.64. The molecule has 1 N–H and O–H groups in total. The Morgan fingerprint density at radius 1 is 1.50 bits per heavy atom. The number of likely N-dealkylation sites (tertiary alicyclic amines) is 1. The molecule has 0 radical (unpaired) electrons. The number of aliphatic hydroxyl groups excluding tert-OH is 1. The Hall–Kier alpha value is -0.570. The van der Waals surface area contributed by atoms with Gasteiger partial charge in [-0.1, -0.05) is 6.92 Å². The zero-order valence-corrected chi connectivity index (χ0v) is 8.99. The van der Waals surface area contributed by atoms with Crippen LogP contribution in [0, 0.1) is 5.41 Å². The number of piperidine rings is 1. The van der Waals surface area contributed by atoms with E-state index >= 15 is 0 Å². The highest BCUT2D eigenvalue weighted by molar-refractivity contribution is 5.77.